The molecule has 1 aliphatic carbocycles. The van der Waals surface area contributed by atoms with Gasteiger partial charge in [0, 0.05) is 36.0 Å². The third-order valence-corrected chi connectivity index (χ3v) is 3.80. The number of rotatable bonds is 2. The Morgan fingerprint density at radius 3 is 3.05 bits per heavy atom. The maximum absolute atomic E-state index is 11.1. The third kappa shape index (κ3) is 2.18. The summed E-state index contributed by atoms with van der Waals surface area (Å²) in [5, 5.41) is 4.25. The molecule has 1 aromatic carbocycles. The van der Waals surface area contributed by atoms with Gasteiger partial charge in [0.1, 0.15) is 5.75 Å². The molecule has 2 aromatic rings. The molecule has 0 saturated heterocycles. The van der Waals surface area contributed by atoms with E-state index >= 15 is 0 Å². The molecule has 1 unspecified atom stereocenters. The van der Waals surface area contributed by atoms with Gasteiger partial charge in [0.15, 0.2) is 0 Å². The number of carbonyl (C=O) groups is 1. The summed E-state index contributed by atoms with van der Waals surface area (Å²) in [6, 6.07) is 6.36. The predicted molar refractivity (Wildman–Crippen MR) is 74.5 cm³/mol. The van der Waals surface area contributed by atoms with Gasteiger partial charge in [0.05, 0.1) is 7.11 Å². The van der Waals surface area contributed by atoms with Crippen LogP contribution in [0.1, 0.15) is 24.6 Å². The third-order valence-electron chi connectivity index (χ3n) is 3.80. The maximum Gasteiger partial charge on any atom is 0.217 e. The van der Waals surface area contributed by atoms with Crippen molar-refractivity contribution in [1.29, 1.82) is 0 Å². The first-order valence-electron chi connectivity index (χ1n) is 6.62. The number of benzene rings is 1. The number of methoxy groups -OCH3 is 1. The molecule has 4 heteroatoms. The standard InChI is InChI=1S/C15H18N2O2/c1-9(18)16-10-3-5-12-13-8-11(19-2)4-6-14(13)17-15(12)7-10/h4,6,8,10,17H,3,5,7H2,1-2H3,(H,16,18). The lowest BCUT2D eigenvalue weighted by Crippen LogP contribution is -2.37. The number of hydrogen-bond acceptors (Lipinski definition) is 2. The van der Waals surface area contributed by atoms with Crippen molar-refractivity contribution in [3.63, 3.8) is 0 Å². The summed E-state index contributed by atoms with van der Waals surface area (Å²) in [6.07, 6.45) is 2.87. The van der Waals surface area contributed by atoms with E-state index in [1.54, 1.807) is 14.0 Å². The molecule has 1 aliphatic rings. The van der Waals surface area contributed by atoms with Gasteiger partial charge in [0.2, 0.25) is 5.91 Å². The second-order valence-corrected chi connectivity index (χ2v) is 5.13. The minimum Gasteiger partial charge on any atom is -0.497 e. The van der Waals surface area contributed by atoms with E-state index in [0.717, 1.165) is 30.5 Å². The number of nitrogens with one attached hydrogen (secondary N) is 2. The molecule has 4 nitrogen and oxygen atoms in total. The van der Waals surface area contributed by atoms with Gasteiger partial charge in [-0.2, -0.15) is 0 Å². The fourth-order valence-electron chi connectivity index (χ4n) is 2.95. The summed E-state index contributed by atoms with van der Waals surface area (Å²) < 4.78 is 5.29. The molecule has 2 N–H and O–H groups in total. The Morgan fingerprint density at radius 2 is 2.32 bits per heavy atom. The average Bonchev–Trinajstić information content (AvgIpc) is 2.74. The lowest BCUT2D eigenvalue weighted by molar-refractivity contribution is -0.119. The van der Waals surface area contributed by atoms with Gasteiger partial charge >= 0.3 is 0 Å². The van der Waals surface area contributed by atoms with Gasteiger partial charge in [-0.25, -0.2) is 0 Å². The molecule has 0 radical (unpaired) electrons. The normalized spacial score (nSPS) is 18.1. The monoisotopic (exact) mass is 258 g/mol. The van der Waals surface area contributed by atoms with Crippen molar-refractivity contribution in [3.8, 4) is 5.75 Å². The van der Waals surface area contributed by atoms with Crippen molar-refractivity contribution in [1.82, 2.24) is 10.3 Å². The number of amides is 1. The quantitative estimate of drug-likeness (QED) is 0.867. The van der Waals surface area contributed by atoms with Crippen molar-refractivity contribution < 1.29 is 9.53 Å². The molecular formula is C15H18N2O2. The highest BCUT2D eigenvalue weighted by Crippen LogP contribution is 2.31. The number of aryl methyl sites for hydroxylation is 1. The molecule has 19 heavy (non-hydrogen) atoms. The summed E-state index contributed by atoms with van der Waals surface area (Å²) in [6.45, 7) is 1.57. The van der Waals surface area contributed by atoms with Crippen LogP contribution < -0.4 is 10.1 Å². The van der Waals surface area contributed by atoms with Gasteiger partial charge in [-0.1, -0.05) is 0 Å². The summed E-state index contributed by atoms with van der Waals surface area (Å²) in [7, 11) is 1.69. The summed E-state index contributed by atoms with van der Waals surface area (Å²) in [4.78, 5) is 14.6. The molecular weight excluding hydrogens is 240 g/mol. The van der Waals surface area contributed by atoms with Crippen LogP contribution in [0.4, 0.5) is 0 Å². The van der Waals surface area contributed by atoms with E-state index < -0.39 is 0 Å². The van der Waals surface area contributed by atoms with E-state index in [-0.39, 0.29) is 11.9 Å². The van der Waals surface area contributed by atoms with E-state index in [1.165, 1.54) is 16.6 Å². The first kappa shape index (κ1) is 12.1. The van der Waals surface area contributed by atoms with Crippen LogP contribution in [-0.4, -0.2) is 24.0 Å². The van der Waals surface area contributed by atoms with Crippen LogP contribution in [0.15, 0.2) is 18.2 Å². The van der Waals surface area contributed by atoms with Gasteiger partial charge in [-0.15, -0.1) is 0 Å². The van der Waals surface area contributed by atoms with Gasteiger partial charge in [-0.05, 0) is 36.6 Å². The van der Waals surface area contributed by atoms with E-state index in [4.69, 9.17) is 4.74 Å². The minimum absolute atomic E-state index is 0.0474. The van der Waals surface area contributed by atoms with Crippen molar-refractivity contribution in [2.24, 2.45) is 0 Å². The smallest absolute Gasteiger partial charge is 0.217 e. The van der Waals surface area contributed by atoms with Gasteiger partial charge in [-0.3, -0.25) is 4.79 Å². The zero-order valence-corrected chi connectivity index (χ0v) is 11.2. The Hall–Kier alpha value is -1.97. The second-order valence-electron chi connectivity index (χ2n) is 5.13. The summed E-state index contributed by atoms with van der Waals surface area (Å²) in [5.41, 5.74) is 3.76. The molecule has 0 saturated carbocycles. The zero-order valence-electron chi connectivity index (χ0n) is 11.2. The molecule has 1 atom stereocenters. The summed E-state index contributed by atoms with van der Waals surface area (Å²) in [5.74, 6) is 0.935. The SMILES string of the molecule is COc1ccc2[nH]c3c(c2c1)CCC(NC(C)=O)C3. The molecule has 1 aromatic heterocycles. The number of fused-ring (bicyclic) bond motifs is 3. The molecule has 0 fully saturated rings. The number of carbonyl (C=O) groups excluding carboxylic acids is 1. The molecule has 0 spiro atoms. The highest BCUT2D eigenvalue weighted by Gasteiger charge is 2.22. The highest BCUT2D eigenvalue weighted by molar-refractivity contribution is 5.86. The maximum atomic E-state index is 11.1. The van der Waals surface area contributed by atoms with Crippen LogP contribution in [0.5, 0.6) is 5.75 Å². The average molecular weight is 258 g/mol. The second kappa shape index (κ2) is 4.61. The number of H-pyrrole nitrogens is 1. The molecule has 100 valence electrons. The molecule has 3 rings (SSSR count). The number of ether oxygens (including phenoxy) is 1. The highest BCUT2D eigenvalue weighted by atomic mass is 16.5. The Kier molecular flexibility index (Phi) is 2.93. The van der Waals surface area contributed by atoms with Crippen LogP contribution >= 0.6 is 0 Å². The number of aromatic amines is 1. The van der Waals surface area contributed by atoms with E-state index in [0.29, 0.717) is 0 Å². The molecule has 1 amide bonds. The predicted octanol–water partition coefficient (Wildman–Crippen LogP) is 2.17. The fraction of sp³-hybridized carbons (Fsp3) is 0.400. The van der Waals surface area contributed by atoms with Crippen molar-refractivity contribution in [2.75, 3.05) is 7.11 Å². The van der Waals surface area contributed by atoms with E-state index in [2.05, 4.69) is 22.4 Å². The first-order chi connectivity index (χ1) is 9.17. The Morgan fingerprint density at radius 1 is 1.47 bits per heavy atom. The van der Waals surface area contributed by atoms with Crippen molar-refractivity contribution in [3.05, 3.63) is 29.5 Å². The van der Waals surface area contributed by atoms with Crippen molar-refractivity contribution in [2.45, 2.75) is 32.2 Å². The number of aromatic nitrogens is 1. The fourth-order valence-corrected chi connectivity index (χ4v) is 2.95. The molecule has 0 aliphatic heterocycles. The van der Waals surface area contributed by atoms with Gasteiger partial charge < -0.3 is 15.0 Å². The van der Waals surface area contributed by atoms with Crippen LogP contribution in [0.3, 0.4) is 0 Å². The lowest BCUT2D eigenvalue weighted by Gasteiger charge is -2.22. The molecule has 1 heterocycles. The molecule has 0 bridgehead atoms. The Labute approximate surface area is 112 Å². The number of hydrogen-bond donors (Lipinski definition) is 2. The van der Waals surface area contributed by atoms with E-state index in [1.807, 2.05) is 6.07 Å². The lowest BCUT2D eigenvalue weighted by atomic mass is 9.91. The van der Waals surface area contributed by atoms with Gasteiger partial charge in [0.25, 0.3) is 0 Å². The van der Waals surface area contributed by atoms with Crippen LogP contribution in [0.2, 0.25) is 0 Å². The van der Waals surface area contributed by atoms with Crippen LogP contribution in [0, 0.1) is 0 Å². The van der Waals surface area contributed by atoms with Crippen LogP contribution in [0.25, 0.3) is 10.9 Å². The largest absolute Gasteiger partial charge is 0.497 e. The van der Waals surface area contributed by atoms with E-state index in [9.17, 15) is 4.79 Å². The Balaban J connectivity index is 1.96. The topological polar surface area (TPSA) is 54.1 Å². The summed E-state index contributed by atoms with van der Waals surface area (Å²) >= 11 is 0. The van der Waals surface area contributed by atoms with Crippen molar-refractivity contribution >= 4 is 16.8 Å². The zero-order chi connectivity index (χ0) is 13.4. The Bertz CT molecular complexity index is 630. The minimum atomic E-state index is 0.0474. The first-order valence-corrected chi connectivity index (χ1v) is 6.62. The van der Waals surface area contributed by atoms with Crippen LogP contribution in [-0.2, 0) is 17.6 Å².